The molecule has 5 nitrogen and oxygen atoms in total. The average Bonchev–Trinajstić information content (AvgIpc) is 1.97. The molecule has 0 unspecified atom stereocenters. The summed E-state index contributed by atoms with van der Waals surface area (Å²) in [5, 5.41) is 2.96. The van der Waals surface area contributed by atoms with Gasteiger partial charge in [0.25, 0.3) is 0 Å². The summed E-state index contributed by atoms with van der Waals surface area (Å²) in [4.78, 5) is 10.5. The summed E-state index contributed by atoms with van der Waals surface area (Å²) in [7, 11) is 0. The molecule has 0 atom stereocenters. The van der Waals surface area contributed by atoms with E-state index in [1.807, 2.05) is 5.43 Å². The second-order valence-electron chi connectivity index (χ2n) is 1.96. The molecule has 0 aromatic rings. The molecule has 11 heavy (non-hydrogen) atoms. The highest BCUT2D eigenvalue weighted by Crippen LogP contribution is 1.84. The molecule has 0 rings (SSSR count). The SMILES string of the molecule is NNC(=O)CCCNC(N)=S. The van der Waals surface area contributed by atoms with E-state index in [4.69, 9.17) is 11.6 Å². The summed E-state index contributed by atoms with van der Waals surface area (Å²) < 4.78 is 0. The van der Waals surface area contributed by atoms with Gasteiger partial charge in [0.1, 0.15) is 0 Å². The lowest BCUT2D eigenvalue weighted by Crippen LogP contribution is -2.32. The average molecular weight is 176 g/mol. The molecule has 0 heterocycles. The highest BCUT2D eigenvalue weighted by molar-refractivity contribution is 7.80. The van der Waals surface area contributed by atoms with Crippen LogP contribution in [0.25, 0.3) is 0 Å². The second-order valence-corrected chi connectivity index (χ2v) is 2.40. The summed E-state index contributed by atoms with van der Waals surface area (Å²) in [6.45, 7) is 0.600. The minimum absolute atomic E-state index is 0.185. The third-order valence-corrected chi connectivity index (χ3v) is 1.19. The molecule has 0 fully saturated rings. The van der Waals surface area contributed by atoms with Crippen LogP contribution in [0.4, 0.5) is 0 Å². The van der Waals surface area contributed by atoms with Gasteiger partial charge in [-0.3, -0.25) is 10.2 Å². The maximum absolute atomic E-state index is 10.5. The van der Waals surface area contributed by atoms with E-state index in [0.717, 1.165) is 0 Å². The number of amides is 1. The number of carbonyl (C=O) groups excluding carboxylic acids is 1. The summed E-state index contributed by atoms with van der Waals surface area (Å²) in [5.41, 5.74) is 7.16. The highest BCUT2D eigenvalue weighted by Gasteiger charge is 1.96. The van der Waals surface area contributed by atoms with Gasteiger partial charge in [-0.1, -0.05) is 0 Å². The Hall–Kier alpha value is -0.880. The Kier molecular flexibility index (Phi) is 5.40. The van der Waals surface area contributed by atoms with Gasteiger partial charge in [0.05, 0.1) is 0 Å². The number of nitrogens with two attached hydrogens (primary N) is 2. The molecule has 0 saturated heterocycles. The molecule has 1 amide bonds. The van der Waals surface area contributed by atoms with Gasteiger partial charge in [0, 0.05) is 13.0 Å². The van der Waals surface area contributed by atoms with E-state index >= 15 is 0 Å². The normalized spacial score (nSPS) is 8.82. The van der Waals surface area contributed by atoms with Crippen molar-refractivity contribution in [3.05, 3.63) is 0 Å². The molecule has 0 bridgehead atoms. The lowest BCUT2D eigenvalue weighted by atomic mass is 10.3. The fourth-order valence-corrected chi connectivity index (χ4v) is 0.635. The lowest BCUT2D eigenvalue weighted by molar-refractivity contribution is -0.121. The number of carbonyl (C=O) groups is 1. The topological polar surface area (TPSA) is 93.2 Å². The zero-order valence-electron chi connectivity index (χ0n) is 6.09. The van der Waals surface area contributed by atoms with Crippen LogP contribution in [0.1, 0.15) is 12.8 Å². The zero-order chi connectivity index (χ0) is 8.69. The molecule has 0 aromatic heterocycles. The van der Waals surface area contributed by atoms with E-state index in [1.54, 1.807) is 0 Å². The molecule has 0 radical (unpaired) electrons. The predicted molar refractivity (Wildman–Crippen MR) is 46.4 cm³/mol. The quantitative estimate of drug-likeness (QED) is 0.139. The summed E-state index contributed by atoms with van der Waals surface area (Å²) >= 11 is 4.54. The highest BCUT2D eigenvalue weighted by atomic mass is 32.1. The number of hydrogen-bond donors (Lipinski definition) is 4. The van der Waals surface area contributed by atoms with Crippen molar-refractivity contribution in [3.63, 3.8) is 0 Å². The van der Waals surface area contributed by atoms with Crippen LogP contribution in [0, 0.1) is 0 Å². The number of rotatable bonds is 4. The van der Waals surface area contributed by atoms with E-state index < -0.39 is 0 Å². The zero-order valence-corrected chi connectivity index (χ0v) is 6.91. The van der Waals surface area contributed by atoms with Crippen LogP contribution in [-0.4, -0.2) is 17.6 Å². The largest absolute Gasteiger partial charge is 0.376 e. The molecule has 0 aliphatic rings. The first-order valence-corrected chi connectivity index (χ1v) is 3.60. The molecule has 0 aliphatic heterocycles. The Morgan fingerprint density at radius 1 is 1.55 bits per heavy atom. The number of hydrazine groups is 1. The molecular weight excluding hydrogens is 164 g/mol. The number of thiocarbonyl (C=S) groups is 1. The minimum atomic E-state index is -0.185. The summed E-state index contributed by atoms with van der Waals surface area (Å²) in [6, 6.07) is 0. The van der Waals surface area contributed by atoms with E-state index in [-0.39, 0.29) is 11.0 Å². The van der Waals surface area contributed by atoms with Crippen LogP contribution < -0.4 is 22.3 Å². The summed E-state index contributed by atoms with van der Waals surface area (Å²) in [6.07, 6.45) is 1.05. The molecule has 6 heteroatoms. The monoisotopic (exact) mass is 176 g/mol. The maximum atomic E-state index is 10.5. The molecule has 0 aromatic carbocycles. The fraction of sp³-hybridized carbons (Fsp3) is 0.600. The van der Waals surface area contributed by atoms with Crippen LogP contribution >= 0.6 is 12.2 Å². The van der Waals surface area contributed by atoms with Crippen molar-refractivity contribution < 1.29 is 4.79 Å². The van der Waals surface area contributed by atoms with Gasteiger partial charge in [-0.15, -0.1) is 0 Å². The Morgan fingerprint density at radius 3 is 2.64 bits per heavy atom. The van der Waals surface area contributed by atoms with Crippen LogP contribution in [0.5, 0.6) is 0 Å². The molecule has 64 valence electrons. The Morgan fingerprint density at radius 2 is 2.18 bits per heavy atom. The van der Waals surface area contributed by atoms with Crippen molar-refractivity contribution in [2.24, 2.45) is 11.6 Å². The molecular formula is C5H12N4OS. The van der Waals surface area contributed by atoms with Crippen molar-refractivity contribution in [1.29, 1.82) is 0 Å². The first kappa shape index (κ1) is 10.1. The van der Waals surface area contributed by atoms with Crippen LogP contribution in [0.15, 0.2) is 0 Å². The van der Waals surface area contributed by atoms with Crippen LogP contribution in [0.2, 0.25) is 0 Å². The molecule has 6 N–H and O–H groups in total. The Bertz CT molecular complexity index is 149. The van der Waals surface area contributed by atoms with Crippen molar-refractivity contribution in [2.75, 3.05) is 6.54 Å². The maximum Gasteiger partial charge on any atom is 0.233 e. The number of nitrogens with one attached hydrogen (secondary N) is 2. The standard InChI is InChI=1S/C5H12N4OS/c6-5(11)8-3-1-2-4(10)9-7/h1-3,7H2,(H,9,10)(H3,6,8,11). The van der Waals surface area contributed by atoms with E-state index in [9.17, 15) is 4.79 Å². The van der Waals surface area contributed by atoms with Crippen LogP contribution in [0.3, 0.4) is 0 Å². The van der Waals surface area contributed by atoms with Gasteiger partial charge in [-0.25, -0.2) is 5.84 Å². The van der Waals surface area contributed by atoms with E-state index in [0.29, 0.717) is 19.4 Å². The lowest BCUT2D eigenvalue weighted by Gasteiger charge is -2.01. The Balaban J connectivity index is 3.14. The first-order valence-electron chi connectivity index (χ1n) is 3.19. The smallest absolute Gasteiger partial charge is 0.233 e. The van der Waals surface area contributed by atoms with Crippen molar-refractivity contribution in [1.82, 2.24) is 10.7 Å². The molecule has 0 saturated carbocycles. The summed E-state index contributed by atoms with van der Waals surface area (Å²) in [5.74, 6) is 4.66. The van der Waals surface area contributed by atoms with Crippen molar-refractivity contribution in [3.8, 4) is 0 Å². The minimum Gasteiger partial charge on any atom is -0.376 e. The van der Waals surface area contributed by atoms with Gasteiger partial charge in [-0.2, -0.15) is 0 Å². The molecule has 0 aliphatic carbocycles. The molecule has 0 spiro atoms. The van der Waals surface area contributed by atoms with Gasteiger partial charge < -0.3 is 11.1 Å². The predicted octanol–water partition coefficient (Wildman–Crippen LogP) is -1.41. The van der Waals surface area contributed by atoms with E-state index in [2.05, 4.69) is 17.5 Å². The first-order chi connectivity index (χ1) is 5.16. The fourth-order valence-electron chi connectivity index (χ4n) is 0.533. The van der Waals surface area contributed by atoms with Crippen molar-refractivity contribution in [2.45, 2.75) is 12.8 Å². The van der Waals surface area contributed by atoms with Gasteiger partial charge in [0.2, 0.25) is 5.91 Å². The van der Waals surface area contributed by atoms with Crippen LogP contribution in [-0.2, 0) is 4.79 Å². The number of hydrogen-bond acceptors (Lipinski definition) is 3. The van der Waals surface area contributed by atoms with Gasteiger partial charge in [0.15, 0.2) is 5.11 Å². The van der Waals surface area contributed by atoms with E-state index in [1.165, 1.54) is 0 Å². The van der Waals surface area contributed by atoms with Gasteiger partial charge in [-0.05, 0) is 18.6 Å². The van der Waals surface area contributed by atoms with Crippen molar-refractivity contribution >= 4 is 23.2 Å². The third-order valence-electron chi connectivity index (χ3n) is 1.04. The Labute approximate surface area is 70.5 Å². The third kappa shape index (κ3) is 7.01. The van der Waals surface area contributed by atoms with Gasteiger partial charge >= 0.3 is 0 Å². The second kappa shape index (κ2) is 5.87.